The van der Waals surface area contributed by atoms with E-state index in [-0.39, 0.29) is 6.10 Å². The topological polar surface area (TPSA) is 35.2 Å². The summed E-state index contributed by atoms with van der Waals surface area (Å²) in [5, 5.41) is 0. The van der Waals surface area contributed by atoms with Gasteiger partial charge >= 0.3 is 0 Å². The first-order valence-electron chi connectivity index (χ1n) is 6.00. The molecule has 1 unspecified atom stereocenters. The lowest BCUT2D eigenvalue weighted by molar-refractivity contribution is 0.0456. The summed E-state index contributed by atoms with van der Waals surface area (Å²) in [7, 11) is 0. The van der Waals surface area contributed by atoms with Crippen LogP contribution in [0.25, 0.3) is 0 Å². The molecule has 0 amide bonds. The predicted molar refractivity (Wildman–Crippen MR) is 84.9 cm³/mol. The molecule has 0 fully saturated rings. The van der Waals surface area contributed by atoms with Crippen LogP contribution in [0.2, 0.25) is 0 Å². The zero-order chi connectivity index (χ0) is 13.7. The molecule has 0 bridgehead atoms. The van der Waals surface area contributed by atoms with Crippen molar-refractivity contribution in [2.45, 2.75) is 12.7 Å². The maximum absolute atomic E-state index is 5.91. The Morgan fingerprint density at radius 1 is 1.00 bits per heavy atom. The van der Waals surface area contributed by atoms with E-state index in [1.54, 1.807) is 0 Å². The molecule has 2 aromatic rings. The molecule has 19 heavy (non-hydrogen) atoms. The van der Waals surface area contributed by atoms with E-state index in [9.17, 15) is 0 Å². The number of rotatable bonds is 5. The molecule has 0 heterocycles. The van der Waals surface area contributed by atoms with E-state index in [2.05, 4.69) is 37.9 Å². The smallest absolute Gasteiger partial charge is 0.0952 e. The summed E-state index contributed by atoms with van der Waals surface area (Å²) >= 11 is 6.92. The fraction of sp³-hybridized carbons (Fsp3) is 0.200. The molecule has 4 heteroatoms. The summed E-state index contributed by atoms with van der Waals surface area (Å²) in [6.07, 6.45) is -0.0866. The van der Waals surface area contributed by atoms with Crippen LogP contribution in [-0.2, 0) is 11.3 Å². The summed E-state index contributed by atoms with van der Waals surface area (Å²) in [5.74, 6) is 0. The van der Waals surface area contributed by atoms with Crippen molar-refractivity contribution in [1.82, 2.24) is 0 Å². The first-order valence-corrected chi connectivity index (χ1v) is 7.59. The van der Waals surface area contributed by atoms with E-state index >= 15 is 0 Å². The molecular weight excluding hydrogens is 370 g/mol. The van der Waals surface area contributed by atoms with Gasteiger partial charge < -0.3 is 10.5 Å². The van der Waals surface area contributed by atoms with E-state index in [1.165, 1.54) is 0 Å². The monoisotopic (exact) mass is 383 g/mol. The fourth-order valence-electron chi connectivity index (χ4n) is 1.83. The highest BCUT2D eigenvalue weighted by Gasteiger charge is 2.10. The van der Waals surface area contributed by atoms with Gasteiger partial charge in [-0.1, -0.05) is 56.1 Å². The Morgan fingerprint density at radius 3 is 2.32 bits per heavy atom. The zero-order valence-corrected chi connectivity index (χ0v) is 13.5. The molecule has 0 spiro atoms. The molecule has 1 atom stereocenters. The molecule has 0 aliphatic rings. The molecule has 2 nitrogen and oxygen atoms in total. The van der Waals surface area contributed by atoms with E-state index in [1.807, 2.05) is 42.5 Å². The Balaban J connectivity index is 2.04. The maximum Gasteiger partial charge on any atom is 0.0952 e. The second kappa shape index (κ2) is 7.20. The van der Waals surface area contributed by atoms with Crippen LogP contribution in [0.3, 0.4) is 0 Å². The van der Waals surface area contributed by atoms with Gasteiger partial charge in [0.15, 0.2) is 0 Å². The van der Waals surface area contributed by atoms with Gasteiger partial charge in [0.05, 0.1) is 12.7 Å². The van der Waals surface area contributed by atoms with E-state index in [4.69, 9.17) is 10.5 Å². The van der Waals surface area contributed by atoms with Crippen molar-refractivity contribution in [2.24, 2.45) is 5.73 Å². The largest absolute Gasteiger partial charge is 0.368 e. The van der Waals surface area contributed by atoms with Crippen LogP contribution >= 0.6 is 31.9 Å². The van der Waals surface area contributed by atoms with Crippen molar-refractivity contribution in [2.75, 3.05) is 6.54 Å². The maximum atomic E-state index is 5.91. The zero-order valence-electron chi connectivity index (χ0n) is 10.4. The second-order valence-corrected chi connectivity index (χ2v) is 6.05. The number of benzene rings is 2. The van der Waals surface area contributed by atoms with E-state index in [0.717, 1.165) is 20.1 Å². The van der Waals surface area contributed by atoms with Crippen molar-refractivity contribution < 1.29 is 4.74 Å². The third-order valence-corrected chi connectivity index (χ3v) is 3.76. The number of halogens is 2. The average molecular weight is 385 g/mol. The first-order chi connectivity index (χ1) is 9.19. The molecule has 2 aromatic carbocycles. The number of ether oxygens (including phenoxy) is 1. The minimum Gasteiger partial charge on any atom is -0.368 e. The van der Waals surface area contributed by atoms with Gasteiger partial charge in [-0.3, -0.25) is 0 Å². The van der Waals surface area contributed by atoms with Gasteiger partial charge in [0.25, 0.3) is 0 Å². The molecule has 0 aliphatic carbocycles. The molecule has 0 aliphatic heterocycles. The normalized spacial score (nSPS) is 12.4. The Morgan fingerprint density at radius 2 is 1.68 bits per heavy atom. The van der Waals surface area contributed by atoms with Crippen LogP contribution in [0.15, 0.2) is 57.5 Å². The highest BCUT2D eigenvalue weighted by molar-refractivity contribution is 9.10. The molecule has 0 saturated heterocycles. The van der Waals surface area contributed by atoms with Gasteiger partial charge in [0.1, 0.15) is 0 Å². The van der Waals surface area contributed by atoms with Gasteiger partial charge in [-0.2, -0.15) is 0 Å². The summed E-state index contributed by atoms with van der Waals surface area (Å²) in [4.78, 5) is 0. The second-order valence-electron chi connectivity index (χ2n) is 4.22. The highest BCUT2D eigenvalue weighted by Crippen LogP contribution is 2.22. The summed E-state index contributed by atoms with van der Waals surface area (Å²) in [6.45, 7) is 1.01. The Bertz CT molecular complexity index is 545. The van der Waals surface area contributed by atoms with E-state index < -0.39 is 0 Å². The standard InChI is InChI=1S/C15H15Br2NO/c16-13-5-1-3-11(7-13)10-19-15(9-18)12-4-2-6-14(17)8-12/h1-8,15H,9-10,18H2. The van der Waals surface area contributed by atoms with Gasteiger partial charge in [-0.15, -0.1) is 0 Å². The summed E-state index contributed by atoms with van der Waals surface area (Å²) < 4.78 is 8.00. The Kier molecular flexibility index (Phi) is 5.58. The van der Waals surface area contributed by atoms with Crippen molar-refractivity contribution in [3.8, 4) is 0 Å². The van der Waals surface area contributed by atoms with Gasteiger partial charge in [-0.25, -0.2) is 0 Å². The fourth-order valence-corrected chi connectivity index (χ4v) is 2.69. The van der Waals surface area contributed by atoms with Crippen molar-refractivity contribution >= 4 is 31.9 Å². The molecule has 0 saturated carbocycles. The third-order valence-electron chi connectivity index (χ3n) is 2.77. The molecule has 0 aromatic heterocycles. The molecule has 2 N–H and O–H groups in total. The highest BCUT2D eigenvalue weighted by atomic mass is 79.9. The summed E-state index contributed by atoms with van der Waals surface area (Å²) in [5.41, 5.74) is 8.02. The van der Waals surface area contributed by atoms with Crippen molar-refractivity contribution in [3.05, 3.63) is 68.6 Å². The Hall–Kier alpha value is -0.680. The molecular formula is C15H15Br2NO. The molecule has 0 radical (unpaired) electrons. The number of hydrogen-bond acceptors (Lipinski definition) is 2. The SMILES string of the molecule is NCC(OCc1cccc(Br)c1)c1cccc(Br)c1. The minimum absolute atomic E-state index is 0.0866. The van der Waals surface area contributed by atoms with Gasteiger partial charge in [0.2, 0.25) is 0 Å². The van der Waals surface area contributed by atoms with E-state index in [0.29, 0.717) is 13.2 Å². The van der Waals surface area contributed by atoms with Gasteiger partial charge in [-0.05, 0) is 35.4 Å². The lowest BCUT2D eigenvalue weighted by atomic mass is 10.1. The van der Waals surface area contributed by atoms with Crippen molar-refractivity contribution in [1.29, 1.82) is 0 Å². The van der Waals surface area contributed by atoms with Crippen LogP contribution < -0.4 is 5.73 Å². The van der Waals surface area contributed by atoms with Crippen molar-refractivity contribution in [3.63, 3.8) is 0 Å². The van der Waals surface area contributed by atoms with Crippen LogP contribution in [-0.4, -0.2) is 6.54 Å². The molecule has 100 valence electrons. The lowest BCUT2D eigenvalue weighted by Gasteiger charge is -2.17. The van der Waals surface area contributed by atoms with Crippen LogP contribution in [0.4, 0.5) is 0 Å². The van der Waals surface area contributed by atoms with Crippen LogP contribution in [0.1, 0.15) is 17.2 Å². The van der Waals surface area contributed by atoms with Crippen LogP contribution in [0, 0.1) is 0 Å². The quantitative estimate of drug-likeness (QED) is 0.827. The third kappa shape index (κ3) is 4.42. The minimum atomic E-state index is -0.0866. The lowest BCUT2D eigenvalue weighted by Crippen LogP contribution is -2.15. The first kappa shape index (κ1) is 14.7. The van der Waals surface area contributed by atoms with Gasteiger partial charge in [0, 0.05) is 15.5 Å². The Labute approximate surface area is 130 Å². The summed E-state index contributed by atoms with van der Waals surface area (Å²) in [6, 6.07) is 16.1. The average Bonchev–Trinajstić information content (AvgIpc) is 2.40. The number of hydrogen-bond donors (Lipinski definition) is 1. The predicted octanol–water partition coefficient (Wildman–Crippen LogP) is 4.43. The molecule has 2 rings (SSSR count). The van der Waals surface area contributed by atoms with Crippen LogP contribution in [0.5, 0.6) is 0 Å². The number of nitrogens with two attached hydrogens (primary N) is 1.